The van der Waals surface area contributed by atoms with E-state index in [9.17, 15) is 18.0 Å². The van der Waals surface area contributed by atoms with Gasteiger partial charge in [0.05, 0.1) is 5.56 Å². The number of ketones is 1. The van der Waals surface area contributed by atoms with Gasteiger partial charge in [-0.05, 0) is 48.0 Å². The quantitative estimate of drug-likeness (QED) is 0.214. The Hall–Kier alpha value is -3.40. The summed E-state index contributed by atoms with van der Waals surface area (Å²) in [5.41, 5.74) is -1.09. The molecule has 2 aromatic carbocycles. The molecule has 6 nitrogen and oxygen atoms in total. The highest BCUT2D eigenvalue weighted by Crippen LogP contribution is 2.41. The first kappa shape index (κ1) is 24.3. The van der Waals surface area contributed by atoms with Crippen molar-refractivity contribution in [1.29, 1.82) is 0 Å². The molecular weight excluding hydrogens is 540 g/mol. The minimum atomic E-state index is -4.93. The highest BCUT2D eigenvalue weighted by Gasteiger charge is 2.42. The summed E-state index contributed by atoms with van der Waals surface area (Å²) in [6, 6.07) is 13.5. The number of benzene rings is 2. The molecule has 5 aromatic rings. The molecule has 0 unspecified atom stereocenters. The van der Waals surface area contributed by atoms with E-state index in [1.54, 1.807) is 18.2 Å². The van der Waals surface area contributed by atoms with Gasteiger partial charge >= 0.3 is 6.18 Å². The molecule has 0 aliphatic carbocycles. The molecule has 0 atom stereocenters. The summed E-state index contributed by atoms with van der Waals surface area (Å²) in [6.07, 6.45) is -3.46. The van der Waals surface area contributed by atoms with Crippen LogP contribution in [0.4, 0.5) is 13.2 Å². The van der Waals surface area contributed by atoms with Crippen molar-refractivity contribution < 1.29 is 22.5 Å². The van der Waals surface area contributed by atoms with Crippen LogP contribution in [0, 0.1) is 0 Å². The lowest BCUT2D eigenvalue weighted by Gasteiger charge is -2.15. The predicted molar refractivity (Wildman–Crippen MR) is 128 cm³/mol. The summed E-state index contributed by atoms with van der Waals surface area (Å²) in [4.78, 5) is 21.5. The van der Waals surface area contributed by atoms with E-state index in [0.29, 0.717) is 10.6 Å². The third-order valence-electron chi connectivity index (χ3n) is 5.38. The van der Waals surface area contributed by atoms with Crippen molar-refractivity contribution in [3.05, 3.63) is 98.5 Å². The van der Waals surface area contributed by atoms with Gasteiger partial charge in [0.2, 0.25) is 11.6 Å². The molecule has 0 saturated heterocycles. The number of pyridine rings is 1. The molecule has 0 radical (unpaired) electrons. The fraction of sp³-hybridized carbons (Fsp3) is 0.0833. The first-order valence-electron chi connectivity index (χ1n) is 10.3. The van der Waals surface area contributed by atoms with E-state index in [-0.39, 0.29) is 39.1 Å². The zero-order valence-electron chi connectivity index (χ0n) is 17.9. The van der Waals surface area contributed by atoms with Crippen LogP contribution >= 0.6 is 34.8 Å². The van der Waals surface area contributed by atoms with Gasteiger partial charge < -0.3 is 9.09 Å². The fourth-order valence-electron chi connectivity index (χ4n) is 3.86. The van der Waals surface area contributed by atoms with Crippen LogP contribution in [0.25, 0.3) is 22.5 Å². The third-order valence-corrected chi connectivity index (χ3v) is 6.20. The topological polar surface area (TPSA) is 73.8 Å². The number of hydrogen-bond acceptors (Lipinski definition) is 5. The Morgan fingerprint density at radius 2 is 1.75 bits per heavy atom. The second-order valence-electron chi connectivity index (χ2n) is 7.67. The Morgan fingerprint density at radius 3 is 2.44 bits per heavy atom. The van der Waals surface area contributed by atoms with Crippen LogP contribution in [0.2, 0.25) is 15.1 Å². The number of rotatable bonds is 5. The highest BCUT2D eigenvalue weighted by atomic mass is 35.5. The van der Waals surface area contributed by atoms with Crippen molar-refractivity contribution in [2.75, 3.05) is 0 Å². The third kappa shape index (κ3) is 4.45. The van der Waals surface area contributed by atoms with Crippen LogP contribution in [0.5, 0.6) is 0 Å². The Bertz CT molecular complexity index is 1610. The lowest BCUT2D eigenvalue weighted by Crippen LogP contribution is -2.19. The van der Waals surface area contributed by atoms with E-state index in [2.05, 4.69) is 15.1 Å². The molecule has 0 fully saturated rings. The number of alkyl halides is 3. The van der Waals surface area contributed by atoms with E-state index in [0.717, 1.165) is 4.57 Å². The van der Waals surface area contributed by atoms with Crippen molar-refractivity contribution in [2.45, 2.75) is 12.7 Å². The lowest BCUT2D eigenvalue weighted by atomic mass is 10.1. The van der Waals surface area contributed by atoms with Crippen LogP contribution in [0.3, 0.4) is 0 Å². The van der Waals surface area contributed by atoms with Gasteiger partial charge in [-0.1, -0.05) is 52.1 Å². The fourth-order valence-corrected chi connectivity index (χ4v) is 4.50. The van der Waals surface area contributed by atoms with Crippen LogP contribution in [-0.2, 0) is 12.7 Å². The Balaban J connectivity index is 1.71. The van der Waals surface area contributed by atoms with Gasteiger partial charge in [0.25, 0.3) is 5.89 Å². The molecule has 0 bridgehead atoms. The van der Waals surface area contributed by atoms with Gasteiger partial charge in [-0.2, -0.15) is 18.2 Å². The number of aromatic nitrogens is 4. The van der Waals surface area contributed by atoms with E-state index >= 15 is 0 Å². The van der Waals surface area contributed by atoms with Gasteiger partial charge in [-0.3, -0.25) is 9.78 Å². The first-order valence-corrected chi connectivity index (χ1v) is 11.4. The van der Waals surface area contributed by atoms with E-state index in [1.165, 1.54) is 42.6 Å². The van der Waals surface area contributed by atoms with Gasteiger partial charge in [0, 0.05) is 38.7 Å². The first-order chi connectivity index (χ1) is 17.1. The van der Waals surface area contributed by atoms with Crippen LogP contribution in [-0.4, -0.2) is 25.5 Å². The molecule has 3 heterocycles. The predicted octanol–water partition coefficient (Wildman–Crippen LogP) is 7.34. The maximum atomic E-state index is 14.5. The summed E-state index contributed by atoms with van der Waals surface area (Å²) in [5.74, 6) is -1.74. The SMILES string of the molecule is O=C(c1noc(-c2ccccn2)n1)c1c(C(F)(F)F)n(Cc2ccc(Cl)cc2Cl)c2ccc(Cl)cc12. The van der Waals surface area contributed by atoms with Crippen molar-refractivity contribution in [2.24, 2.45) is 0 Å². The van der Waals surface area contributed by atoms with E-state index in [4.69, 9.17) is 39.3 Å². The molecule has 0 amide bonds. The molecule has 0 N–H and O–H groups in total. The zero-order chi connectivity index (χ0) is 25.6. The molecule has 36 heavy (non-hydrogen) atoms. The number of fused-ring (bicyclic) bond motifs is 1. The Morgan fingerprint density at radius 1 is 1.00 bits per heavy atom. The summed E-state index contributed by atoms with van der Waals surface area (Å²) in [7, 11) is 0. The molecule has 0 spiro atoms. The van der Waals surface area contributed by atoms with Crippen molar-refractivity contribution >= 4 is 51.5 Å². The zero-order valence-corrected chi connectivity index (χ0v) is 20.1. The molecular formula is C24H12Cl3F3N4O2. The summed E-state index contributed by atoms with van der Waals surface area (Å²) >= 11 is 18.3. The average Bonchev–Trinajstić information content (AvgIpc) is 3.44. The number of nitrogens with zero attached hydrogens (tertiary/aromatic N) is 4. The smallest absolute Gasteiger partial charge is 0.332 e. The molecule has 0 saturated carbocycles. The van der Waals surface area contributed by atoms with Crippen molar-refractivity contribution in [1.82, 2.24) is 19.7 Å². The average molecular weight is 552 g/mol. The number of hydrogen-bond donors (Lipinski definition) is 0. The van der Waals surface area contributed by atoms with Gasteiger partial charge in [-0.15, -0.1) is 0 Å². The molecule has 0 aliphatic rings. The largest absolute Gasteiger partial charge is 0.432 e. The Kier molecular flexibility index (Phi) is 6.23. The number of halogens is 6. The molecule has 0 aliphatic heterocycles. The highest BCUT2D eigenvalue weighted by molar-refractivity contribution is 6.35. The van der Waals surface area contributed by atoms with Crippen LogP contribution < -0.4 is 0 Å². The maximum absolute atomic E-state index is 14.5. The molecule has 5 rings (SSSR count). The molecule has 12 heteroatoms. The van der Waals surface area contributed by atoms with Gasteiger partial charge in [0.1, 0.15) is 11.4 Å². The van der Waals surface area contributed by atoms with Crippen LogP contribution in [0.1, 0.15) is 27.4 Å². The summed E-state index contributed by atoms with van der Waals surface area (Å²) in [5, 5.41) is 4.26. The standard InChI is InChI=1S/C24H12Cl3F3N4O2/c25-13-6-7-18-15(9-13)19(20(35)22-32-23(36-33-22)17-3-1-2-8-31-17)21(24(28,29)30)34(18)11-12-4-5-14(26)10-16(12)27/h1-10H,11H2. The Labute approximate surface area is 216 Å². The molecule has 3 aromatic heterocycles. The summed E-state index contributed by atoms with van der Waals surface area (Å²) in [6.45, 7) is -0.290. The lowest BCUT2D eigenvalue weighted by molar-refractivity contribution is -0.143. The van der Waals surface area contributed by atoms with Gasteiger partial charge in [-0.25, -0.2) is 0 Å². The summed E-state index contributed by atoms with van der Waals surface area (Å²) < 4.78 is 49.6. The van der Waals surface area contributed by atoms with E-state index < -0.39 is 29.0 Å². The minimum Gasteiger partial charge on any atom is -0.332 e. The van der Waals surface area contributed by atoms with Crippen molar-refractivity contribution in [3.8, 4) is 11.6 Å². The number of carbonyl (C=O) groups excluding carboxylic acids is 1. The second-order valence-corrected chi connectivity index (χ2v) is 8.95. The monoisotopic (exact) mass is 550 g/mol. The normalized spacial score (nSPS) is 11.8. The molecule has 182 valence electrons. The van der Waals surface area contributed by atoms with Crippen LogP contribution in [0.15, 0.2) is 65.3 Å². The van der Waals surface area contributed by atoms with Crippen molar-refractivity contribution in [3.63, 3.8) is 0 Å². The maximum Gasteiger partial charge on any atom is 0.432 e. The second kappa shape index (κ2) is 9.24. The van der Waals surface area contributed by atoms with E-state index in [1.807, 2.05) is 0 Å². The number of carbonyl (C=O) groups is 1. The van der Waals surface area contributed by atoms with Gasteiger partial charge in [0.15, 0.2) is 0 Å². The minimum absolute atomic E-state index is 0.0194.